The van der Waals surface area contributed by atoms with Gasteiger partial charge in [-0.2, -0.15) is 0 Å². The quantitative estimate of drug-likeness (QED) is 0.0640. The third kappa shape index (κ3) is 51.9. The molecule has 0 aliphatic carbocycles. The van der Waals surface area contributed by atoms with E-state index in [4.69, 9.17) is 10.2 Å². The van der Waals surface area contributed by atoms with Gasteiger partial charge in [0.05, 0.1) is 0 Å². The van der Waals surface area contributed by atoms with Crippen LogP contribution in [0, 0.1) is 0 Å². The van der Waals surface area contributed by atoms with Gasteiger partial charge >= 0.3 is 11.9 Å². The van der Waals surface area contributed by atoms with Crippen molar-refractivity contribution in [2.45, 2.75) is 264 Å². The smallest absolute Gasteiger partial charge is 0.303 e. The van der Waals surface area contributed by atoms with Crippen LogP contribution in [-0.4, -0.2) is 22.2 Å². The van der Waals surface area contributed by atoms with Crippen molar-refractivity contribution in [3.8, 4) is 0 Å². The number of hydrogen-bond donors (Lipinski definition) is 2. The Kier molecular flexibility index (Phi) is 45.9. The molecule has 0 spiro atoms. The molecule has 0 fully saturated rings. The minimum atomic E-state index is -0.652. The molecule has 0 aromatic rings. The first kappa shape index (κ1) is 48.1. The van der Waals surface area contributed by atoms with Crippen LogP contribution in [0.25, 0.3) is 0 Å². The van der Waals surface area contributed by atoms with Crippen LogP contribution in [0.15, 0.2) is 0 Å². The van der Waals surface area contributed by atoms with Crippen molar-refractivity contribution in [1.29, 1.82) is 0 Å². The van der Waals surface area contributed by atoms with Gasteiger partial charge in [0.2, 0.25) is 0 Å². The molecular formula is C43H86O4. The van der Waals surface area contributed by atoms with Crippen molar-refractivity contribution < 1.29 is 19.8 Å². The molecule has 0 unspecified atom stereocenters. The first-order valence-electron chi connectivity index (χ1n) is 21.5. The largest absolute Gasteiger partial charge is 0.481 e. The summed E-state index contributed by atoms with van der Waals surface area (Å²) in [4.78, 5) is 20.8. The number of unbranched alkanes of at least 4 members (excludes halogenated alkanes) is 35. The van der Waals surface area contributed by atoms with E-state index in [0.717, 1.165) is 25.7 Å². The van der Waals surface area contributed by atoms with Crippen molar-refractivity contribution in [3.63, 3.8) is 0 Å². The lowest BCUT2D eigenvalue weighted by Crippen LogP contribution is -1.93. The van der Waals surface area contributed by atoms with E-state index < -0.39 is 11.9 Å². The zero-order chi connectivity index (χ0) is 34.7. The summed E-state index contributed by atoms with van der Waals surface area (Å²) in [6, 6.07) is 0. The topological polar surface area (TPSA) is 74.6 Å². The monoisotopic (exact) mass is 667 g/mol. The number of carbonyl (C=O) groups is 2. The van der Waals surface area contributed by atoms with E-state index in [1.165, 1.54) is 212 Å². The van der Waals surface area contributed by atoms with Crippen LogP contribution in [-0.2, 0) is 9.59 Å². The summed E-state index contributed by atoms with van der Waals surface area (Å²) in [5, 5.41) is 17.1. The highest BCUT2D eigenvalue weighted by atomic mass is 16.4. The van der Waals surface area contributed by atoms with Crippen molar-refractivity contribution in [1.82, 2.24) is 0 Å². The highest BCUT2D eigenvalue weighted by molar-refractivity contribution is 5.66. The average Bonchev–Trinajstić information content (AvgIpc) is 3.05. The maximum absolute atomic E-state index is 10.4. The molecule has 282 valence electrons. The standard InChI is InChI=1S/C23H46O2.C20H40O2/c1-2-3-4-5-6-7-8-9-10-11-12-13-14-15-16-17-18-19-20-21-22-23(24)25;1-2-3-4-5-6-7-8-9-10-11-12-13-14-15-16-17-18-19-20(21)22/h2-22H2,1H3,(H,24,25);2-19H2,1H3,(H,21,22). The van der Waals surface area contributed by atoms with E-state index in [0.29, 0.717) is 12.8 Å². The molecule has 0 bridgehead atoms. The maximum atomic E-state index is 10.4. The molecule has 0 atom stereocenters. The molecule has 0 amide bonds. The molecular weight excluding hydrogens is 580 g/mol. The predicted molar refractivity (Wildman–Crippen MR) is 207 cm³/mol. The molecule has 0 radical (unpaired) electrons. The van der Waals surface area contributed by atoms with Crippen LogP contribution in [0.2, 0.25) is 0 Å². The third-order valence-corrected chi connectivity index (χ3v) is 9.74. The fourth-order valence-electron chi connectivity index (χ4n) is 6.53. The molecule has 0 aliphatic rings. The zero-order valence-electron chi connectivity index (χ0n) is 32.3. The lowest BCUT2D eigenvalue weighted by molar-refractivity contribution is -0.138. The lowest BCUT2D eigenvalue weighted by Gasteiger charge is -2.04. The molecule has 0 saturated heterocycles. The van der Waals surface area contributed by atoms with Crippen LogP contribution in [0.4, 0.5) is 0 Å². The molecule has 2 N–H and O–H groups in total. The second kappa shape index (κ2) is 44.9. The van der Waals surface area contributed by atoms with Gasteiger partial charge in [-0.3, -0.25) is 9.59 Å². The minimum Gasteiger partial charge on any atom is -0.481 e. The number of carboxylic acid groups (broad SMARTS) is 2. The Morgan fingerprint density at radius 3 is 0.511 bits per heavy atom. The van der Waals surface area contributed by atoms with Crippen LogP contribution in [0.1, 0.15) is 264 Å². The fraction of sp³-hybridized carbons (Fsp3) is 0.953. The van der Waals surface area contributed by atoms with Gasteiger partial charge in [0.15, 0.2) is 0 Å². The van der Waals surface area contributed by atoms with Gasteiger partial charge in [0.25, 0.3) is 0 Å². The molecule has 4 nitrogen and oxygen atoms in total. The van der Waals surface area contributed by atoms with Gasteiger partial charge < -0.3 is 10.2 Å². The number of hydrogen-bond acceptors (Lipinski definition) is 2. The van der Waals surface area contributed by atoms with Crippen molar-refractivity contribution in [2.75, 3.05) is 0 Å². The summed E-state index contributed by atoms with van der Waals surface area (Å²) in [5.74, 6) is -1.30. The molecule has 0 aromatic carbocycles. The first-order valence-corrected chi connectivity index (χ1v) is 21.5. The van der Waals surface area contributed by atoms with E-state index in [2.05, 4.69) is 13.8 Å². The van der Waals surface area contributed by atoms with Crippen LogP contribution in [0.3, 0.4) is 0 Å². The van der Waals surface area contributed by atoms with Gasteiger partial charge in [-0.05, 0) is 12.8 Å². The van der Waals surface area contributed by atoms with Crippen LogP contribution < -0.4 is 0 Å². The van der Waals surface area contributed by atoms with Crippen LogP contribution in [0.5, 0.6) is 0 Å². The predicted octanol–water partition coefficient (Wildman–Crippen LogP) is 15.4. The molecule has 47 heavy (non-hydrogen) atoms. The van der Waals surface area contributed by atoms with E-state index in [-0.39, 0.29) is 0 Å². The second-order valence-corrected chi connectivity index (χ2v) is 14.7. The summed E-state index contributed by atoms with van der Waals surface area (Å²) in [7, 11) is 0. The Morgan fingerprint density at radius 2 is 0.383 bits per heavy atom. The normalized spacial score (nSPS) is 11.0. The number of carboxylic acids is 2. The van der Waals surface area contributed by atoms with Crippen LogP contribution >= 0.6 is 0 Å². The summed E-state index contributed by atoms with van der Waals surface area (Å²) >= 11 is 0. The van der Waals surface area contributed by atoms with E-state index >= 15 is 0 Å². The highest BCUT2D eigenvalue weighted by Crippen LogP contribution is 2.16. The SMILES string of the molecule is CCCCCCCCCCCCCCCCCCCC(=O)O.CCCCCCCCCCCCCCCCCCCCCCC(=O)O. The Bertz CT molecular complexity index is 590. The van der Waals surface area contributed by atoms with Crippen molar-refractivity contribution >= 4 is 11.9 Å². The van der Waals surface area contributed by atoms with Gasteiger partial charge in [-0.15, -0.1) is 0 Å². The average molecular weight is 667 g/mol. The van der Waals surface area contributed by atoms with Gasteiger partial charge in [-0.25, -0.2) is 0 Å². The lowest BCUT2D eigenvalue weighted by atomic mass is 10.0. The summed E-state index contributed by atoms with van der Waals surface area (Å²) in [5.41, 5.74) is 0. The molecule has 0 heterocycles. The van der Waals surface area contributed by atoms with Gasteiger partial charge in [-0.1, -0.05) is 239 Å². The van der Waals surface area contributed by atoms with E-state index in [9.17, 15) is 9.59 Å². The number of aliphatic carboxylic acids is 2. The summed E-state index contributed by atoms with van der Waals surface area (Å²) in [6.45, 7) is 4.56. The Hall–Kier alpha value is -1.06. The molecule has 4 heteroatoms. The highest BCUT2D eigenvalue weighted by Gasteiger charge is 1.99. The second-order valence-electron chi connectivity index (χ2n) is 14.7. The van der Waals surface area contributed by atoms with Gasteiger partial charge in [0.1, 0.15) is 0 Å². The molecule has 0 aliphatic heterocycles. The minimum absolute atomic E-state index is 0.346. The molecule has 0 saturated carbocycles. The number of rotatable bonds is 39. The summed E-state index contributed by atoms with van der Waals surface area (Å²) < 4.78 is 0. The van der Waals surface area contributed by atoms with E-state index in [1.807, 2.05) is 0 Å². The summed E-state index contributed by atoms with van der Waals surface area (Å²) in [6.07, 6.45) is 50.7. The fourth-order valence-corrected chi connectivity index (χ4v) is 6.53. The van der Waals surface area contributed by atoms with Crippen molar-refractivity contribution in [2.24, 2.45) is 0 Å². The zero-order valence-corrected chi connectivity index (χ0v) is 32.3. The molecule has 0 aromatic heterocycles. The Labute approximate surface area is 295 Å². The maximum Gasteiger partial charge on any atom is 0.303 e. The Balaban J connectivity index is 0. The molecule has 0 rings (SSSR count). The Morgan fingerprint density at radius 1 is 0.255 bits per heavy atom. The first-order chi connectivity index (χ1) is 23.0. The van der Waals surface area contributed by atoms with Gasteiger partial charge in [0, 0.05) is 12.8 Å². The van der Waals surface area contributed by atoms with E-state index in [1.54, 1.807) is 0 Å². The third-order valence-electron chi connectivity index (χ3n) is 9.74. The van der Waals surface area contributed by atoms with Crippen molar-refractivity contribution in [3.05, 3.63) is 0 Å².